The molecule has 136 valence electrons. The van der Waals surface area contributed by atoms with Crippen molar-refractivity contribution in [3.05, 3.63) is 58.2 Å². The molecule has 1 aliphatic heterocycles. The van der Waals surface area contributed by atoms with Gasteiger partial charge in [-0.2, -0.15) is 0 Å². The zero-order valence-electron chi connectivity index (χ0n) is 15.4. The van der Waals surface area contributed by atoms with Gasteiger partial charge >= 0.3 is 0 Å². The summed E-state index contributed by atoms with van der Waals surface area (Å²) in [5.41, 5.74) is 1.84. The van der Waals surface area contributed by atoms with Crippen molar-refractivity contribution < 1.29 is 4.79 Å². The van der Waals surface area contributed by atoms with Crippen LogP contribution in [0.25, 0.3) is 16.5 Å². The number of likely N-dealkylation sites (tertiary alicyclic amines) is 1. The summed E-state index contributed by atoms with van der Waals surface area (Å²) < 4.78 is 0. The van der Waals surface area contributed by atoms with Crippen LogP contribution in [-0.2, 0) is 0 Å². The number of carbonyl (C=O) groups is 1. The number of hydrogen-bond acceptors (Lipinski definition) is 3. The van der Waals surface area contributed by atoms with Crippen molar-refractivity contribution in [3.8, 4) is 0 Å². The quantitative estimate of drug-likeness (QED) is 0.849. The van der Waals surface area contributed by atoms with E-state index in [9.17, 15) is 9.59 Å². The number of hydrogen-bond donors (Lipinski definition) is 1. The van der Waals surface area contributed by atoms with E-state index in [1.807, 2.05) is 37.0 Å². The fourth-order valence-corrected chi connectivity index (χ4v) is 3.33. The molecular formula is C21H25N3O2. The van der Waals surface area contributed by atoms with Gasteiger partial charge < -0.3 is 9.88 Å². The van der Waals surface area contributed by atoms with Crippen LogP contribution in [0.15, 0.2) is 41.2 Å². The molecule has 2 heterocycles. The summed E-state index contributed by atoms with van der Waals surface area (Å²) in [4.78, 5) is 34.6. The van der Waals surface area contributed by atoms with Crippen LogP contribution in [0.4, 0.5) is 0 Å². The first-order valence-electron chi connectivity index (χ1n) is 9.30. The Labute approximate surface area is 153 Å². The molecule has 0 bridgehead atoms. The predicted molar refractivity (Wildman–Crippen MR) is 105 cm³/mol. The molecule has 1 saturated heterocycles. The van der Waals surface area contributed by atoms with E-state index < -0.39 is 0 Å². The highest BCUT2D eigenvalue weighted by Gasteiger charge is 2.19. The number of rotatable bonds is 4. The molecule has 3 rings (SSSR count). The molecule has 2 aromatic rings. The fourth-order valence-electron chi connectivity index (χ4n) is 3.33. The summed E-state index contributed by atoms with van der Waals surface area (Å²) in [5.74, 6) is 0.554. The van der Waals surface area contributed by atoms with Crippen LogP contribution in [0.5, 0.6) is 0 Å². The van der Waals surface area contributed by atoms with E-state index in [4.69, 9.17) is 0 Å². The molecule has 1 fully saturated rings. The number of aromatic amines is 1. The number of piperidine rings is 1. The smallest absolute Gasteiger partial charge is 0.259 e. The number of benzene rings is 1. The van der Waals surface area contributed by atoms with Gasteiger partial charge in [-0.05, 0) is 50.8 Å². The van der Waals surface area contributed by atoms with Crippen LogP contribution in [0.1, 0.15) is 55.7 Å². The van der Waals surface area contributed by atoms with E-state index in [1.54, 1.807) is 18.2 Å². The number of amides is 1. The first-order chi connectivity index (χ1) is 12.6. The molecule has 0 radical (unpaired) electrons. The predicted octanol–water partition coefficient (Wildman–Crippen LogP) is 3.92. The second-order valence-electron chi connectivity index (χ2n) is 6.57. The van der Waals surface area contributed by atoms with E-state index in [1.165, 1.54) is 6.42 Å². The highest BCUT2D eigenvalue weighted by molar-refractivity contribution is 5.97. The Bertz CT molecular complexity index is 918. The Morgan fingerprint density at radius 1 is 1.27 bits per heavy atom. The van der Waals surface area contributed by atoms with Crippen LogP contribution in [-0.4, -0.2) is 33.9 Å². The summed E-state index contributed by atoms with van der Waals surface area (Å²) in [6.07, 6.45) is 9.99. The second kappa shape index (κ2) is 8.13. The van der Waals surface area contributed by atoms with Crippen molar-refractivity contribution in [1.29, 1.82) is 0 Å². The molecule has 5 nitrogen and oxygen atoms in total. The Kier molecular flexibility index (Phi) is 5.66. The van der Waals surface area contributed by atoms with Crippen LogP contribution < -0.4 is 5.56 Å². The minimum absolute atomic E-state index is 0.0213. The molecule has 0 atom stereocenters. The standard InChI is InChI=1S/C21H25N3O2/c1-3-8-15(9-4-2)19-22-18-14-16(10-11-17(18)20(25)23-19)21(26)24-12-6-5-7-13-24/h3,8-11,14H,4-7,12-13H2,1-2H3,(H,22,23,25)/b8-3-,15-9+. The third-order valence-electron chi connectivity index (χ3n) is 4.64. The van der Waals surface area contributed by atoms with E-state index in [0.717, 1.165) is 37.9 Å². The van der Waals surface area contributed by atoms with E-state index in [0.29, 0.717) is 22.3 Å². The number of H-pyrrole nitrogens is 1. The Hall–Kier alpha value is -2.69. The van der Waals surface area contributed by atoms with Gasteiger partial charge in [0.1, 0.15) is 5.82 Å². The number of nitrogens with one attached hydrogen (secondary N) is 1. The lowest BCUT2D eigenvalue weighted by molar-refractivity contribution is 0.0724. The molecule has 5 heteroatoms. The van der Waals surface area contributed by atoms with Crippen LogP contribution in [0.3, 0.4) is 0 Å². The van der Waals surface area contributed by atoms with Crippen LogP contribution >= 0.6 is 0 Å². The maximum atomic E-state index is 12.7. The molecule has 26 heavy (non-hydrogen) atoms. The summed E-state index contributed by atoms with van der Waals surface area (Å²) in [5, 5.41) is 0.500. The lowest BCUT2D eigenvalue weighted by Gasteiger charge is -2.26. The highest BCUT2D eigenvalue weighted by Crippen LogP contribution is 2.18. The maximum absolute atomic E-state index is 12.7. The van der Waals surface area contributed by atoms with Gasteiger partial charge in [-0.25, -0.2) is 4.98 Å². The molecule has 1 amide bonds. The van der Waals surface area contributed by atoms with Gasteiger partial charge in [-0.15, -0.1) is 0 Å². The van der Waals surface area contributed by atoms with Crippen molar-refractivity contribution in [3.63, 3.8) is 0 Å². The summed E-state index contributed by atoms with van der Waals surface area (Å²) in [7, 11) is 0. The highest BCUT2D eigenvalue weighted by atomic mass is 16.2. The molecule has 0 saturated carbocycles. The van der Waals surface area contributed by atoms with Gasteiger partial charge in [-0.3, -0.25) is 9.59 Å². The van der Waals surface area contributed by atoms with E-state index in [2.05, 4.69) is 9.97 Å². The number of nitrogens with zero attached hydrogens (tertiary/aromatic N) is 2. The molecular weight excluding hydrogens is 326 g/mol. The van der Waals surface area contributed by atoms with Crippen molar-refractivity contribution in [1.82, 2.24) is 14.9 Å². The van der Waals surface area contributed by atoms with Crippen LogP contribution in [0.2, 0.25) is 0 Å². The van der Waals surface area contributed by atoms with Crippen molar-refractivity contribution in [2.45, 2.75) is 39.5 Å². The lowest BCUT2D eigenvalue weighted by Crippen LogP contribution is -2.35. The lowest BCUT2D eigenvalue weighted by atomic mass is 10.1. The van der Waals surface area contributed by atoms with E-state index in [-0.39, 0.29) is 11.5 Å². The Morgan fingerprint density at radius 2 is 2.04 bits per heavy atom. The van der Waals surface area contributed by atoms with Gasteiger partial charge in [0.15, 0.2) is 0 Å². The second-order valence-corrected chi connectivity index (χ2v) is 6.57. The number of fused-ring (bicyclic) bond motifs is 1. The van der Waals surface area contributed by atoms with Gasteiger partial charge in [-0.1, -0.05) is 25.2 Å². The summed E-state index contributed by atoms with van der Waals surface area (Å²) >= 11 is 0. The number of aromatic nitrogens is 2. The Morgan fingerprint density at radius 3 is 2.73 bits per heavy atom. The van der Waals surface area contributed by atoms with Crippen molar-refractivity contribution in [2.75, 3.05) is 13.1 Å². The third-order valence-corrected chi connectivity index (χ3v) is 4.64. The zero-order valence-corrected chi connectivity index (χ0v) is 15.4. The first-order valence-corrected chi connectivity index (χ1v) is 9.30. The van der Waals surface area contributed by atoms with E-state index >= 15 is 0 Å². The van der Waals surface area contributed by atoms with Crippen LogP contribution in [0, 0.1) is 0 Å². The fraction of sp³-hybridized carbons (Fsp3) is 0.381. The minimum Gasteiger partial charge on any atom is -0.339 e. The average molecular weight is 351 g/mol. The topological polar surface area (TPSA) is 66.1 Å². The largest absolute Gasteiger partial charge is 0.339 e. The third kappa shape index (κ3) is 3.77. The molecule has 0 spiro atoms. The van der Waals surface area contributed by atoms with Gasteiger partial charge in [0.05, 0.1) is 10.9 Å². The zero-order chi connectivity index (χ0) is 18.5. The Balaban J connectivity index is 2.03. The summed E-state index contributed by atoms with van der Waals surface area (Å²) in [6, 6.07) is 5.16. The van der Waals surface area contributed by atoms with Crippen molar-refractivity contribution in [2.24, 2.45) is 0 Å². The van der Waals surface area contributed by atoms with Gasteiger partial charge in [0.2, 0.25) is 0 Å². The van der Waals surface area contributed by atoms with Gasteiger partial charge in [0.25, 0.3) is 11.5 Å². The maximum Gasteiger partial charge on any atom is 0.259 e. The molecule has 0 aliphatic carbocycles. The molecule has 1 aromatic heterocycles. The minimum atomic E-state index is -0.187. The monoisotopic (exact) mass is 351 g/mol. The van der Waals surface area contributed by atoms with Gasteiger partial charge in [0, 0.05) is 24.2 Å². The number of allylic oxidation sites excluding steroid dienone is 4. The molecule has 0 unspecified atom stereocenters. The number of carbonyl (C=O) groups excluding carboxylic acids is 1. The molecule has 1 N–H and O–H groups in total. The first kappa shape index (κ1) is 18.1. The SMILES string of the molecule is C/C=C\C(=C/CC)c1nc2cc(C(=O)N3CCCCC3)ccc2c(=O)[nH]1. The molecule has 1 aliphatic rings. The molecule has 1 aromatic carbocycles. The normalized spacial score (nSPS) is 15.8. The van der Waals surface area contributed by atoms with Crippen molar-refractivity contribution >= 4 is 22.4 Å². The summed E-state index contributed by atoms with van der Waals surface area (Å²) in [6.45, 7) is 5.57. The average Bonchev–Trinajstić information content (AvgIpc) is 2.67.